The van der Waals surface area contributed by atoms with Crippen LogP contribution in [0.15, 0.2) is 127 Å². The summed E-state index contributed by atoms with van der Waals surface area (Å²) in [6, 6.07) is 39.6. The van der Waals surface area contributed by atoms with Gasteiger partial charge in [-0.1, -0.05) is 115 Å². The summed E-state index contributed by atoms with van der Waals surface area (Å²) in [6.45, 7) is 0. The first-order valence-corrected chi connectivity index (χ1v) is 12.5. The van der Waals surface area contributed by atoms with Crippen LogP contribution in [0.25, 0.3) is 10.9 Å². The second-order valence-electron chi connectivity index (χ2n) is 9.10. The van der Waals surface area contributed by atoms with Crippen molar-refractivity contribution in [3.8, 4) is 0 Å². The van der Waals surface area contributed by atoms with Gasteiger partial charge in [-0.15, -0.1) is 0 Å². The van der Waals surface area contributed by atoms with Crippen LogP contribution >= 0.6 is 0 Å². The monoisotopic (exact) mass is 500 g/mol. The van der Waals surface area contributed by atoms with Crippen molar-refractivity contribution in [3.63, 3.8) is 0 Å². The largest absolute Gasteiger partial charge is 0.467 e. The van der Waals surface area contributed by atoms with E-state index >= 15 is 0 Å². The third kappa shape index (κ3) is 4.78. The van der Waals surface area contributed by atoms with Crippen molar-refractivity contribution in [1.82, 2.24) is 10.3 Å². The number of aromatic nitrogens is 1. The number of ether oxygens (including phenoxy) is 1. The molecule has 5 nitrogen and oxygen atoms in total. The van der Waals surface area contributed by atoms with Crippen LogP contribution in [0.1, 0.15) is 22.4 Å². The van der Waals surface area contributed by atoms with Crippen molar-refractivity contribution >= 4 is 22.8 Å². The van der Waals surface area contributed by atoms with Gasteiger partial charge in [0.15, 0.2) is 0 Å². The number of nitrogens with one attached hydrogen (secondary N) is 1. The number of carbonyl (C=O) groups excluding carboxylic acids is 2. The quantitative estimate of drug-likeness (QED) is 0.227. The molecule has 0 fully saturated rings. The molecule has 0 aliphatic heterocycles. The molecule has 5 aromatic rings. The number of esters is 1. The Balaban J connectivity index is 1.60. The molecule has 1 amide bonds. The van der Waals surface area contributed by atoms with E-state index in [4.69, 9.17) is 9.72 Å². The Morgan fingerprint density at radius 1 is 0.711 bits per heavy atom. The lowest BCUT2D eigenvalue weighted by Gasteiger charge is -2.35. The molecule has 5 heteroatoms. The van der Waals surface area contributed by atoms with E-state index in [1.807, 2.05) is 127 Å². The molecule has 0 aliphatic carbocycles. The summed E-state index contributed by atoms with van der Waals surface area (Å²) in [4.78, 5) is 32.3. The maximum atomic E-state index is 14.6. The number of carbonyl (C=O) groups is 2. The summed E-state index contributed by atoms with van der Waals surface area (Å²) in [5.74, 6) is -0.853. The number of nitrogens with zero attached hydrogens (tertiary/aromatic N) is 1. The van der Waals surface area contributed by atoms with Crippen molar-refractivity contribution in [2.45, 2.75) is 17.9 Å². The van der Waals surface area contributed by atoms with Gasteiger partial charge < -0.3 is 10.1 Å². The topological polar surface area (TPSA) is 68.3 Å². The van der Waals surface area contributed by atoms with Crippen LogP contribution in [0.4, 0.5) is 0 Å². The van der Waals surface area contributed by atoms with Crippen LogP contribution < -0.4 is 5.32 Å². The van der Waals surface area contributed by atoms with Crippen molar-refractivity contribution in [2.24, 2.45) is 0 Å². The van der Waals surface area contributed by atoms with Crippen LogP contribution in [-0.4, -0.2) is 30.0 Å². The zero-order valence-corrected chi connectivity index (χ0v) is 21.1. The molecule has 38 heavy (non-hydrogen) atoms. The van der Waals surface area contributed by atoms with E-state index in [-0.39, 0.29) is 12.3 Å². The van der Waals surface area contributed by atoms with Gasteiger partial charge in [0.05, 0.1) is 12.6 Å². The number of para-hydroxylation sites is 1. The Morgan fingerprint density at radius 3 is 1.74 bits per heavy atom. The summed E-state index contributed by atoms with van der Waals surface area (Å²) in [5.41, 5.74) is 2.69. The van der Waals surface area contributed by atoms with Crippen LogP contribution in [0, 0.1) is 0 Å². The van der Waals surface area contributed by atoms with Crippen LogP contribution in [0.3, 0.4) is 0 Å². The Kier molecular flexibility index (Phi) is 7.27. The minimum atomic E-state index is -1.20. The van der Waals surface area contributed by atoms with Gasteiger partial charge in [-0.3, -0.25) is 9.78 Å². The third-order valence-electron chi connectivity index (χ3n) is 6.82. The van der Waals surface area contributed by atoms with Gasteiger partial charge in [0.2, 0.25) is 5.91 Å². The Hall–Kier alpha value is -4.77. The van der Waals surface area contributed by atoms with E-state index in [9.17, 15) is 9.59 Å². The van der Waals surface area contributed by atoms with E-state index in [1.165, 1.54) is 7.11 Å². The maximum Gasteiger partial charge on any atom is 0.328 e. The average Bonchev–Trinajstić information content (AvgIpc) is 2.98. The molecule has 0 saturated heterocycles. The van der Waals surface area contributed by atoms with E-state index in [1.54, 1.807) is 0 Å². The molecule has 0 spiro atoms. The average molecular weight is 501 g/mol. The number of benzene rings is 4. The molecule has 0 radical (unpaired) electrons. The van der Waals surface area contributed by atoms with E-state index in [0.29, 0.717) is 5.69 Å². The van der Waals surface area contributed by atoms with Gasteiger partial charge in [0.25, 0.3) is 0 Å². The van der Waals surface area contributed by atoms with Gasteiger partial charge in [0, 0.05) is 17.5 Å². The lowest BCUT2D eigenvalue weighted by molar-refractivity contribution is -0.145. The number of rotatable bonds is 8. The molecule has 1 atom stereocenters. The van der Waals surface area contributed by atoms with Gasteiger partial charge in [-0.2, -0.15) is 0 Å². The zero-order valence-electron chi connectivity index (χ0n) is 21.1. The predicted molar refractivity (Wildman–Crippen MR) is 149 cm³/mol. The third-order valence-corrected chi connectivity index (χ3v) is 6.82. The van der Waals surface area contributed by atoms with Crippen molar-refractivity contribution in [2.75, 3.05) is 7.11 Å². The summed E-state index contributed by atoms with van der Waals surface area (Å²) >= 11 is 0. The fourth-order valence-corrected chi connectivity index (χ4v) is 4.99. The highest BCUT2D eigenvalue weighted by Gasteiger charge is 2.45. The minimum Gasteiger partial charge on any atom is -0.467 e. The number of hydrogen-bond donors (Lipinski definition) is 1. The molecule has 0 aliphatic rings. The highest BCUT2D eigenvalue weighted by atomic mass is 16.5. The number of methoxy groups -OCH3 is 1. The minimum absolute atomic E-state index is 0.192. The maximum absolute atomic E-state index is 14.6. The number of pyridine rings is 1. The van der Waals surface area contributed by atoms with E-state index in [2.05, 4.69) is 5.32 Å². The van der Waals surface area contributed by atoms with Crippen LogP contribution in [0.5, 0.6) is 0 Å². The zero-order chi connectivity index (χ0) is 26.4. The Bertz CT molecular complexity index is 1440. The van der Waals surface area contributed by atoms with E-state index < -0.39 is 17.4 Å². The highest BCUT2D eigenvalue weighted by Crippen LogP contribution is 2.39. The number of hydrogen-bond acceptors (Lipinski definition) is 4. The summed E-state index contributed by atoms with van der Waals surface area (Å²) < 4.78 is 5.12. The van der Waals surface area contributed by atoms with E-state index in [0.717, 1.165) is 27.6 Å². The van der Waals surface area contributed by atoms with Gasteiger partial charge >= 0.3 is 5.97 Å². The lowest BCUT2D eigenvalue weighted by Crippen LogP contribution is -2.53. The highest BCUT2D eigenvalue weighted by molar-refractivity contribution is 5.98. The first-order valence-electron chi connectivity index (χ1n) is 12.5. The molecule has 1 N–H and O–H groups in total. The molecule has 0 unspecified atom stereocenters. The van der Waals surface area contributed by atoms with Gasteiger partial charge in [-0.25, -0.2) is 4.79 Å². The molecular formula is C33H28N2O3. The Morgan fingerprint density at radius 2 is 1.21 bits per heavy atom. The van der Waals surface area contributed by atoms with Crippen LogP contribution in [-0.2, 0) is 26.2 Å². The van der Waals surface area contributed by atoms with Crippen LogP contribution in [0.2, 0.25) is 0 Å². The smallest absolute Gasteiger partial charge is 0.328 e. The molecule has 0 saturated carbocycles. The fourth-order valence-electron chi connectivity index (χ4n) is 4.99. The second kappa shape index (κ2) is 11.1. The summed E-state index contributed by atoms with van der Waals surface area (Å²) in [7, 11) is 1.33. The lowest BCUT2D eigenvalue weighted by atomic mass is 9.68. The van der Waals surface area contributed by atoms with Crippen molar-refractivity contribution in [1.29, 1.82) is 0 Å². The first-order chi connectivity index (χ1) is 18.6. The van der Waals surface area contributed by atoms with Gasteiger partial charge in [0.1, 0.15) is 11.5 Å². The molecule has 1 aromatic heterocycles. The normalized spacial score (nSPS) is 12.0. The number of amides is 1. The molecule has 0 bridgehead atoms. The van der Waals surface area contributed by atoms with Crippen molar-refractivity contribution in [3.05, 3.63) is 150 Å². The molecule has 188 valence electrons. The second-order valence-corrected chi connectivity index (χ2v) is 9.10. The SMILES string of the molecule is COC(=O)[C@@H](Cc1ccc2ccccc2n1)NC(=O)C(c1ccccc1)(c1ccccc1)c1ccccc1. The molecule has 4 aromatic carbocycles. The molecule has 1 heterocycles. The summed E-state index contributed by atoms with van der Waals surface area (Å²) in [5, 5.41) is 4.05. The molecule has 5 rings (SSSR count). The van der Waals surface area contributed by atoms with Crippen molar-refractivity contribution < 1.29 is 14.3 Å². The fraction of sp³-hybridized carbons (Fsp3) is 0.121. The summed E-state index contributed by atoms with van der Waals surface area (Å²) in [6.07, 6.45) is 0.192. The predicted octanol–water partition coefficient (Wildman–Crippen LogP) is 5.47. The van der Waals surface area contributed by atoms with Gasteiger partial charge in [-0.05, 0) is 28.8 Å². The standard InChI is InChI=1S/C33H28N2O3/c1-38-31(36)30(23-28-22-21-24-13-11-12-20-29(24)34-28)35-32(37)33(25-14-5-2-6-15-25,26-16-7-3-8-17-26)27-18-9-4-10-19-27/h2-22,30H,23H2,1H3,(H,35,37)/t30-/m1/s1. The molecular weight excluding hydrogens is 472 g/mol. The Labute approximate surface area is 222 Å². The number of fused-ring (bicyclic) bond motifs is 1. The first kappa shape index (κ1) is 24.9.